The van der Waals surface area contributed by atoms with Gasteiger partial charge in [-0.2, -0.15) is 0 Å². The van der Waals surface area contributed by atoms with Crippen molar-refractivity contribution in [2.24, 2.45) is 11.0 Å². The molecule has 1 spiro atoms. The molecule has 1 heterocycles. The Hall–Kier alpha value is -2.86. The average Bonchev–Trinajstić information content (AvgIpc) is 3.05. The number of anilines is 1. The normalized spacial score (nSPS) is 23.4. The van der Waals surface area contributed by atoms with Crippen LogP contribution in [0.5, 0.6) is 0 Å². The van der Waals surface area contributed by atoms with Crippen molar-refractivity contribution in [1.82, 2.24) is 10.4 Å². The van der Waals surface area contributed by atoms with Gasteiger partial charge < -0.3 is 0 Å². The second-order valence-corrected chi connectivity index (χ2v) is 8.51. The Balaban J connectivity index is 1.75. The molecule has 0 aromatic heterocycles. The summed E-state index contributed by atoms with van der Waals surface area (Å²) in [5.41, 5.74) is 3.72. The largest absolute Gasteiger partial charge is 0.291 e. The number of hydrogen-bond acceptors (Lipinski definition) is 5. The molecule has 1 aliphatic heterocycles. The monoisotopic (exact) mass is 424 g/mol. The first kappa shape index (κ1) is 20.4. The molecule has 1 amide bonds. The maximum absolute atomic E-state index is 13.0. The minimum absolute atomic E-state index is 0.196. The Morgan fingerprint density at radius 2 is 1.70 bits per heavy atom. The second-order valence-electron chi connectivity index (χ2n) is 8.08. The standard InChI is InChI=1S/C23H25ClN4O2/c1-16-12-14-23(15-13-16)27(20-10-8-19(24)9-11-20)25-21(17(2)29)28(23)26-22(30)18-6-4-3-5-7-18/h3-11,16H,12-15H2,1-2H3,(H,26,30). The summed E-state index contributed by atoms with van der Waals surface area (Å²) in [5, 5.41) is 8.91. The van der Waals surface area contributed by atoms with Crippen LogP contribution in [0.4, 0.5) is 5.69 Å². The third kappa shape index (κ3) is 3.67. The quantitative estimate of drug-likeness (QED) is 0.778. The molecule has 1 aliphatic carbocycles. The Morgan fingerprint density at radius 3 is 2.30 bits per heavy atom. The van der Waals surface area contributed by atoms with Crippen LogP contribution in [-0.2, 0) is 4.79 Å². The van der Waals surface area contributed by atoms with Gasteiger partial charge >= 0.3 is 0 Å². The van der Waals surface area contributed by atoms with Crippen molar-refractivity contribution in [1.29, 1.82) is 0 Å². The van der Waals surface area contributed by atoms with E-state index < -0.39 is 5.66 Å². The van der Waals surface area contributed by atoms with E-state index in [2.05, 4.69) is 17.5 Å². The Kier molecular flexibility index (Phi) is 5.52. The van der Waals surface area contributed by atoms with Crippen LogP contribution in [0.25, 0.3) is 0 Å². The molecular weight excluding hydrogens is 400 g/mol. The molecule has 2 aromatic carbocycles. The highest BCUT2D eigenvalue weighted by Crippen LogP contribution is 2.44. The van der Waals surface area contributed by atoms with Crippen LogP contribution in [-0.4, -0.2) is 28.2 Å². The van der Waals surface area contributed by atoms with E-state index in [1.165, 1.54) is 6.92 Å². The van der Waals surface area contributed by atoms with E-state index in [-0.39, 0.29) is 17.5 Å². The van der Waals surface area contributed by atoms with Crippen molar-refractivity contribution in [3.05, 3.63) is 65.2 Å². The minimum Gasteiger partial charge on any atom is -0.291 e. The number of nitrogens with one attached hydrogen (secondary N) is 1. The Bertz CT molecular complexity index is 966. The summed E-state index contributed by atoms with van der Waals surface area (Å²) in [6.45, 7) is 3.71. The molecule has 0 radical (unpaired) electrons. The van der Waals surface area contributed by atoms with Gasteiger partial charge in [-0.1, -0.05) is 36.7 Å². The fourth-order valence-electron chi connectivity index (χ4n) is 4.21. The molecule has 2 aromatic rings. The highest BCUT2D eigenvalue weighted by molar-refractivity contribution is 6.39. The summed E-state index contributed by atoms with van der Waals surface area (Å²) in [6.07, 6.45) is 3.49. The summed E-state index contributed by atoms with van der Waals surface area (Å²) in [6, 6.07) is 16.4. The molecule has 0 bridgehead atoms. The molecule has 1 N–H and O–H groups in total. The van der Waals surface area contributed by atoms with E-state index in [9.17, 15) is 9.59 Å². The molecule has 0 saturated heterocycles. The Morgan fingerprint density at radius 1 is 1.07 bits per heavy atom. The number of halogens is 1. The highest BCUT2D eigenvalue weighted by Gasteiger charge is 2.52. The fourth-order valence-corrected chi connectivity index (χ4v) is 4.33. The predicted octanol–water partition coefficient (Wildman–Crippen LogP) is 4.62. The van der Waals surface area contributed by atoms with E-state index in [1.807, 2.05) is 47.5 Å². The number of carbonyl (C=O) groups is 2. The van der Waals surface area contributed by atoms with Crippen LogP contribution in [0, 0.1) is 5.92 Å². The number of amides is 1. The number of hydrazine groups is 1. The van der Waals surface area contributed by atoms with Gasteiger partial charge in [-0.25, -0.2) is 10.0 Å². The zero-order valence-electron chi connectivity index (χ0n) is 17.1. The van der Waals surface area contributed by atoms with Crippen molar-refractivity contribution < 1.29 is 9.59 Å². The zero-order chi connectivity index (χ0) is 21.3. The summed E-state index contributed by atoms with van der Waals surface area (Å²) in [4.78, 5) is 25.5. The van der Waals surface area contributed by atoms with E-state index in [0.717, 1.165) is 31.4 Å². The number of nitrogens with zero attached hydrogens (tertiary/aromatic N) is 3. The third-order valence-corrected chi connectivity index (χ3v) is 6.18. The van der Waals surface area contributed by atoms with Gasteiger partial charge in [-0.3, -0.25) is 15.0 Å². The number of ketones is 1. The van der Waals surface area contributed by atoms with Crippen LogP contribution in [0.1, 0.15) is 49.9 Å². The van der Waals surface area contributed by atoms with Gasteiger partial charge in [0.1, 0.15) is 0 Å². The smallest absolute Gasteiger partial charge is 0.269 e. The van der Waals surface area contributed by atoms with Gasteiger partial charge in [0.05, 0.1) is 5.69 Å². The van der Waals surface area contributed by atoms with Crippen LogP contribution in [0.2, 0.25) is 5.02 Å². The van der Waals surface area contributed by atoms with Gasteiger partial charge in [0, 0.05) is 17.5 Å². The number of carbonyl (C=O) groups excluding carboxylic acids is 2. The molecule has 6 nitrogen and oxygen atoms in total. The van der Waals surface area contributed by atoms with Gasteiger partial charge in [-0.15, -0.1) is 5.10 Å². The first-order valence-electron chi connectivity index (χ1n) is 10.2. The van der Waals surface area contributed by atoms with Crippen LogP contribution in [0.15, 0.2) is 59.7 Å². The molecule has 30 heavy (non-hydrogen) atoms. The average molecular weight is 425 g/mol. The second kappa shape index (κ2) is 8.11. The fraction of sp³-hybridized carbons (Fsp3) is 0.348. The zero-order valence-corrected chi connectivity index (χ0v) is 17.9. The molecule has 0 unspecified atom stereocenters. The van der Waals surface area contributed by atoms with Crippen molar-refractivity contribution >= 4 is 34.8 Å². The van der Waals surface area contributed by atoms with Gasteiger partial charge in [0.25, 0.3) is 5.91 Å². The molecule has 7 heteroatoms. The van der Waals surface area contributed by atoms with E-state index in [1.54, 1.807) is 17.1 Å². The molecule has 4 rings (SSSR count). The topological polar surface area (TPSA) is 65.0 Å². The summed E-state index contributed by atoms with van der Waals surface area (Å²) in [5.74, 6) is 0.359. The lowest BCUT2D eigenvalue weighted by atomic mass is 9.81. The van der Waals surface area contributed by atoms with Crippen LogP contribution in [0.3, 0.4) is 0 Å². The van der Waals surface area contributed by atoms with Gasteiger partial charge in [0.15, 0.2) is 11.4 Å². The molecule has 1 fully saturated rings. The molecular formula is C23H25ClN4O2. The van der Waals surface area contributed by atoms with Crippen molar-refractivity contribution in [2.75, 3.05) is 5.01 Å². The maximum Gasteiger partial charge on any atom is 0.269 e. The number of hydrogen-bond donors (Lipinski definition) is 1. The number of Topliss-reactive ketones (excluding diaryl/α,β-unsaturated/α-hetero) is 1. The molecule has 156 valence electrons. The molecule has 1 saturated carbocycles. The number of benzene rings is 2. The van der Waals surface area contributed by atoms with Gasteiger partial charge in [0.2, 0.25) is 5.84 Å². The minimum atomic E-state index is -0.633. The maximum atomic E-state index is 13.0. The predicted molar refractivity (Wildman–Crippen MR) is 118 cm³/mol. The third-order valence-electron chi connectivity index (χ3n) is 5.93. The number of rotatable bonds is 4. The van der Waals surface area contributed by atoms with Crippen molar-refractivity contribution in [3.63, 3.8) is 0 Å². The first-order valence-corrected chi connectivity index (χ1v) is 10.6. The van der Waals surface area contributed by atoms with E-state index >= 15 is 0 Å². The Labute approximate surface area is 181 Å². The van der Waals surface area contributed by atoms with Crippen LogP contribution < -0.4 is 10.4 Å². The number of hydrazone groups is 1. The first-order chi connectivity index (χ1) is 14.4. The highest BCUT2D eigenvalue weighted by atomic mass is 35.5. The van der Waals surface area contributed by atoms with E-state index in [4.69, 9.17) is 11.6 Å². The molecule has 0 atom stereocenters. The lowest BCUT2D eigenvalue weighted by molar-refractivity contribution is -0.112. The lowest BCUT2D eigenvalue weighted by Gasteiger charge is -2.47. The van der Waals surface area contributed by atoms with Crippen molar-refractivity contribution in [2.45, 2.75) is 45.2 Å². The van der Waals surface area contributed by atoms with Crippen LogP contribution >= 0.6 is 11.6 Å². The molecule has 2 aliphatic rings. The number of amidine groups is 1. The lowest BCUT2D eigenvalue weighted by Crippen LogP contribution is -2.64. The van der Waals surface area contributed by atoms with Crippen molar-refractivity contribution in [3.8, 4) is 0 Å². The van der Waals surface area contributed by atoms with E-state index in [0.29, 0.717) is 16.5 Å². The summed E-state index contributed by atoms with van der Waals surface area (Å²) < 4.78 is 0. The summed E-state index contributed by atoms with van der Waals surface area (Å²) in [7, 11) is 0. The van der Waals surface area contributed by atoms with Gasteiger partial charge in [-0.05, 0) is 68.0 Å². The summed E-state index contributed by atoms with van der Waals surface area (Å²) >= 11 is 6.08. The SMILES string of the molecule is CC(=O)C1=NN(c2ccc(Cl)cc2)C2(CCC(C)CC2)N1NC(=O)c1ccccc1.